The van der Waals surface area contributed by atoms with Gasteiger partial charge in [0, 0.05) is 108 Å². The number of carboxylic acids is 3. The average Bonchev–Trinajstić information content (AvgIpc) is 3.30. The highest BCUT2D eigenvalue weighted by molar-refractivity contribution is 5.94. The van der Waals surface area contributed by atoms with Crippen molar-refractivity contribution in [3.8, 4) is 0 Å². The third-order valence-electron chi connectivity index (χ3n) is 11.8. The number of nitrogens with zero attached hydrogens (tertiary/aromatic N) is 10. The van der Waals surface area contributed by atoms with Crippen LogP contribution in [0, 0.1) is 0 Å². The Morgan fingerprint density at radius 2 is 0.787 bits per heavy atom. The summed E-state index contributed by atoms with van der Waals surface area (Å²) in [6, 6.07) is -1.99. The van der Waals surface area contributed by atoms with Gasteiger partial charge in [0.2, 0.25) is 59.1 Å². The van der Waals surface area contributed by atoms with Crippen molar-refractivity contribution < 1.29 is 77.6 Å². The number of hydrogen-bond donors (Lipinski definition) is 7. The first-order valence-electron chi connectivity index (χ1n) is 24.1. The summed E-state index contributed by atoms with van der Waals surface area (Å²) in [7, 11) is 7.95. The molecular formula is C45H78N14O16. The van der Waals surface area contributed by atoms with E-state index in [-0.39, 0.29) is 104 Å². The summed E-state index contributed by atoms with van der Waals surface area (Å²) in [5.74, 6) is -9.24. The number of primary amides is 1. The minimum atomic E-state index is -1.12. The third-order valence-corrected chi connectivity index (χ3v) is 11.8. The first kappa shape index (κ1) is 66.0. The van der Waals surface area contributed by atoms with Crippen LogP contribution in [0.1, 0.15) is 33.1 Å². The maximum atomic E-state index is 13.0. The van der Waals surface area contributed by atoms with Crippen LogP contribution in [0.5, 0.6) is 0 Å². The number of amides is 10. The lowest BCUT2D eigenvalue weighted by molar-refractivity contribution is -0.145. The van der Waals surface area contributed by atoms with Gasteiger partial charge in [-0.1, -0.05) is 0 Å². The molecule has 1 aliphatic heterocycles. The van der Waals surface area contributed by atoms with Crippen molar-refractivity contribution in [3.05, 3.63) is 0 Å². The lowest BCUT2D eigenvalue weighted by Crippen LogP contribution is -2.50. The minimum Gasteiger partial charge on any atom is -0.480 e. The lowest BCUT2D eigenvalue weighted by atomic mass is 10.1. The van der Waals surface area contributed by atoms with Crippen LogP contribution in [-0.2, 0) is 62.3 Å². The zero-order valence-electron chi connectivity index (χ0n) is 44.4. The molecule has 0 spiro atoms. The molecule has 0 saturated carbocycles. The monoisotopic (exact) mass is 1070 g/mol. The van der Waals surface area contributed by atoms with Gasteiger partial charge in [-0.3, -0.25) is 81.9 Å². The molecule has 1 saturated heterocycles. The van der Waals surface area contributed by atoms with Gasteiger partial charge in [-0.15, -0.1) is 0 Å². The molecule has 0 aromatic heterocycles. The van der Waals surface area contributed by atoms with Gasteiger partial charge in [-0.05, 0) is 26.2 Å². The van der Waals surface area contributed by atoms with E-state index in [1.807, 2.05) is 0 Å². The van der Waals surface area contributed by atoms with Crippen LogP contribution < -0.4 is 21.7 Å². The van der Waals surface area contributed by atoms with Crippen molar-refractivity contribution in [2.75, 3.05) is 167 Å². The third kappa shape index (κ3) is 27.7. The summed E-state index contributed by atoms with van der Waals surface area (Å²) >= 11 is 0. The van der Waals surface area contributed by atoms with E-state index in [1.165, 1.54) is 56.1 Å². The molecule has 8 N–H and O–H groups in total. The zero-order chi connectivity index (χ0) is 57.1. The van der Waals surface area contributed by atoms with Crippen molar-refractivity contribution in [1.29, 1.82) is 0 Å². The Hall–Kier alpha value is -7.05. The van der Waals surface area contributed by atoms with Gasteiger partial charge in [0.05, 0.1) is 65.4 Å². The fraction of sp³-hybridized carbons (Fsp3) is 0.711. The highest BCUT2D eigenvalue weighted by Gasteiger charge is 2.27. The van der Waals surface area contributed by atoms with Crippen molar-refractivity contribution in [1.82, 2.24) is 64.9 Å². The predicted octanol–water partition coefficient (Wildman–Crippen LogP) is -7.01. The fourth-order valence-corrected chi connectivity index (χ4v) is 7.32. The molecule has 0 unspecified atom stereocenters. The first-order chi connectivity index (χ1) is 35.0. The van der Waals surface area contributed by atoms with Crippen LogP contribution in [0.3, 0.4) is 0 Å². The van der Waals surface area contributed by atoms with Gasteiger partial charge in [0.1, 0.15) is 12.1 Å². The molecular weight excluding hydrogens is 993 g/mol. The standard InChI is InChI=1S/C45H78N14O16/c1-31(48-32(2)60)45(75)55(8)27-40(67)54(7)26-39(66)53(6)25-38(65)52(5)24-37(64)51(4)23-36(63)50(3)21-35(62)49-33(44(46)74)11-9-10-12-47-34(61)22-56-13-15-57(28-41(68)69)17-19-59(30-43(72)73)20-18-58(16-14-56)29-42(70)71/h31,33H,9-30H2,1-8H3,(H2,46,74)(H,47,61)(H,48,60)(H,49,62)(H,68,69)(H,70,71)(H,72,73)/t31-,33-/m0/s1. The topological polar surface area (TPSA) is 377 Å². The fourth-order valence-electron chi connectivity index (χ4n) is 7.32. The van der Waals surface area contributed by atoms with Crippen molar-refractivity contribution >= 4 is 77.0 Å². The highest BCUT2D eigenvalue weighted by Crippen LogP contribution is 2.05. The number of carbonyl (C=O) groups is 13. The molecule has 75 heavy (non-hydrogen) atoms. The molecule has 424 valence electrons. The van der Waals surface area contributed by atoms with Gasteiger partial charge in [0.15, 0.2) is 0 Å². The smallest absolute Gasteiger partial charge is 0.317 e. The van der Waals surface area contributed by atoms with Crippen LogP contribution in [0.4, 0.5) is 0 Å². The Morgan fingerprint density at radius 1 is 0.467 bits per heavy atom. The normalized spacial score (nSPS) is 14.8. The Balaban J connectivity index is 2.63. The number of nitrogens with two attached hydrogens (primary N) is 1. The van der Waals surface area contributed by atoms with E-state index >= 15 is 0 Å². The number of carbonyl (C=O) groups excluding carboxylic acids is 10. The van der Waals surface area contributed by atoms with E-state index in [2.05, 4.69) is 16.0 Å². The largest absolute Gasteiger partial charge is 0.480 e. The number of carboxylic acid groups (broad SMARTS) is 3. The lowest BCUT2D eigenvalue weighted by Gasteiger charge is -2.32. The molecule has 0 bridgehead atoms. The van der Waals surface area contributed by atoms with E-state index in [1.54, 1.807) is 19.6 Å². The van der Waals surface area contributed by atoms with E-state index in [0.717, 1.165) is 29.4 Å². The van der Waals surface area contributed by atoms with Crippen LogP contribution in [-0.4, -0.2) is 320 Å². The van der Waals surface area contributed by atoms with Crippen LogP contribution in [0.25, 0.3) is 0 Å². The molecule has 10 amide bonds. The van der Waals surface area contributed by atoms with Crippen molar-refractivity contribution in [2.24, 2.45) is 5.73 Å². The molecule has 30 heteroatoms. The second-order valence-electron chi connectivity index (χ2n) is 18.5. The second kappa shape index (κ2) is 33.7. The van der Waals surface area contributed by atoms with Crippen LogP contribution in [0.15, 0.2) is 0 Å². The Labute approximate surface area is 436 Å². The van der Waals surface area contributed by atoms with Gasteiger partial charge >= 0.3 is 17.9 Å². The Bertz CT molecular complexity index is 2000. The second-order valence-corrected chi connectivity index (χ2v) is 18.5. The summed E-state index contributed by atoms with van der Waals surface area (Å²) in [5, 5.41) is 36.0. The van der Waals surface area contributed by atoms with E-state index in [0.29, 0.717) is 12.8 Å². The Morgan fingerprint density at radius 3 is 1.11 bits per heavy atom. The van der Waals surface area contributed by atoms with Crippen molar-refractivity contribution in [3.63, 3.8) is 0 Å². The molecule has 2 atom stereocenters. The molecule has 0 radical (unpaired) electrons. The summed E-state index contributed by atoms with van der Waals surface area (Å²) in [6.45, 7) is 1.03. The SMILES string of the molecule is CC(=O)N[C@@H](C)C(=O)N(C)CC(=O)N(C)CC(=O)N(C)CC(=O)N(C)CC(=O)N(C)CC(=O)N(C)CC(=O)N[C@@H](CCCCNC(=O)CN1CCN(CC(=O)O)CCN(CC(=O)O)CCN(CC(=O)O)CC1)C(N)=O. The zero-order valence-corrected chi connectivity index (χ0v) is 44.4. The van der Waals surface area contributed by atoms with E-state index < -0.39 is 116 Å². The minimum absolute atomic E-state index is 0.0943. The number of hydrogen-bond acceptors (Lipinski definition) is 17. The number of rotatable bonds is 29. The number of unbranched alkanes of at least 4 members (excludes halogenated alkanes) is 1. The summed E-state index contributed by atoms with van der Waals surface area (Å²) in [5.41, 5.74) is 5.54. The molecule has 1 aliphatic rings. The van der Waals surface area contributed by atoms with Crippen molar-refractivity contribution in [2.45, 2.75) is 45.2 Å². The molecule has 0 aromatic rings. The maximum Gasteiger partial charge on any atom is 0.317 e. The van der Waals surface area contributed by atoms with Gasteiger partial charge < -0.3 is 66.4 Å². The molecule has 1 rings (SSSR count). The quantitative estimate of drug-likeness (QED) is 0.0342. The average molecular weight is 1070 g/mol. The van der Waals surface area contributed by atoms with E-state index in [4.69, 9.17) is 5.73 Å². The molecule has 1 fully saturated rings. The van der Waals surface area contributed by atoms with Crippen LogP contribution in [0.2, 0.25) is 0 Å². The molecule has 0 aliphatic carbocycles. The highest BCUT2D eigenvalue weighted by atomic mass is 16.4. The van der Waals surface area contributed by atoms with E-state index in [9.17, 15) is 77.6 Å². The maximum absolute atomic E-state index is 13.0. The molecule has 0 aromatic carbocycles. The first-order valence-corrected chi connectivity index (χ1v) is 24.1. The van der Waals surface area contributed by atoms with Gasteiger partial charge in [0.25, 0.3) is 0 Å². The summed E-state index contributed by atoms with van der Waals surface area (Å²) in [4.78, 5) is 174. The van der Waals surface area contributed by atoms with Crippen LogP contribution >= 0.6 is 0 Å². The number of nitrogens with one attached hydrogen (secondary N) is 3. The predicted molar refractivity (Wildman–Crippen MR) is 266 cm³/mol. The van der Waals surface area contributed by atoms with Gasteiger partial charge in [-0.25, -0.2) is 0 Å². The summed E-state index contributed by atoms with van der Waals surface area (Å²) < 4.78 is 0. The van der Waals surface area contributed by atoms with Gasteiger partial charge in [-0.2, -0.15) is 0 Å². The number of aliphatic carboxylic acids is 3. The Kier molecular flexibility index (Phi) is 29.6. The molecule has 1 heterocycles. The summed E-state index contributed by atoms with van der Waals surface area (Å²) in [6.07, 6.45) is 0.801. The molecule has 30 nitrogen and oxygen atoms in total. The number of likely N-dealkylation sites (N-methyl/N-ethyl adjacent to an activating group) is 6.